The summed E-state index contributed by atoms with van der Waals surface area (Å²) < 4.78 is 13.8. The summed E-state index contributed by atoms with van der Waals surface area (Å²) in [5.74, 6) is -13.5. The molecule has 9 N–H and O–H groups in total. The average Bonchev–Trinajstić information content (AvgIpc) is 2.87. The number of phenolic OH excluding ortho intramolecular Hbond substituents is 2. The molecule has 1 unspecified atom stereocenters. The Kier molecular flexibility index (Phi) is 3.47. The zero-order valence-electron chi connectivity index (χ0n) is 12.9. The molecule has 3 rings (SSSR count). The molecule has 1 saturated heterocycles. The minimum Gasteiger partial charge on any atom is -0.504 e. The number of phenols is 2. The third-order valence-electron chi connectivity index (χ3n) is 4.49. The van der Waals surface area contributed by atoms with Gasteiger partial charge in [0.25, 0.3) is 23.4 Å². The van der Waals surface area contributed by atoms with Gasteiger partial charge < -0.3 is 46.6 Å². The number of anilines is 1. The Labute approximate surface area is 144 Å². The Balaban J connectivity index is 2.14. The summed E-state index contributed by atoms with van der Waals surface area (Å²) >= 11 is 0. The lowest BCUT2D eigenvalue weighted by Crippen LogP contribution is -2.75. The SMILES string of the molecule is C=C1NC(=O)C(N2Cc3c(N)c(O)c(F)c(O)c3C2=O)C(O)(O)C1(O)O. The maximum atomic E-state index is 13.8. The fourth-order valence-corrected chi connectivity index (χ4v) is 3.01. The zero-order chi connectivity index (χ0) is 19.8. The highest BCUT2D eigenvalue weighted by Gasteiger charge is 2.64. The van der Waals surface area contributed by atoms with Crippen molar-refractivity contribution in [3.8, 4) is 11.5 Å². The van der Waals surface area contributed by atoms with E-state index in [9.17, 15) is 44.6 Å². The van der Waals surface area contributed by atoms with Gasteiger partial charge in [-0.15, -0.1) is 0 Å². The summed E-state index contributed by atoms with van der Waals surface area (Å²) in [7, 11) is 0. The second-order valence-electron chi connectivity index (χ2n) is 5.98. The standard InChI is InChI=1S/C14H14FN3O8/c1-3-13(23,24)14(25,26)10(11(21)17-3)18-2-4-5(12(18)22)8(19)6(15)9(20)7(4)16/h10,19-20,23-26H,1-2,16H2,(H,17,21). The summed E-state index contributed by atoms with van der Waals surface area (Å²) in [6.07, 6.45) is 0. The van der Waals surface area contributed by atoms with Crippen LogP contribution >= 0.6 is 0 Å². The first kappa shape index (κ1) is 17.9. The number of aliphatic hydroxyl groups is 4. The van der Waals surface area contributed by atoms with E-state index in [0.717, 1.165) is 0 Å². The van der Waals surface area contributed by atoms with E-state index in [1.807, 2.05) is 5.32 Å². The van der Waals surface area contributed by atoms with Gasteiger partial charge in [0, 0.05) is 5.56 Å². The number of amides is 2. The first-order chi connectivity index (χ1) is 11.8. The highest BCUT2D eigenvalue weighted by Crippen LogP contribution is 2.45. The summed E-state index contributed by atoms with van der Waals surface area (Å²) in [4.78, 5) is 25.1. The third-order valence-corrected chi connectivity index (χ3v) is 4.49. The molecule has 26 heavy (non-hydrogen) atoms. The van der Waals surface area contributed by atoms with Crippen LogP contribution in [0.4, 0.5) is 10.1 Å². The average molecular weight is 371 g/mol. The topological polar surface area (TPSA) is 197 Å². The van der Waals surface area contributed by atoms with Gasteiger partial charge in [-0.2, -0.15) is 4.39 Å². The number of nitrogen functional groups attached to an aromatic ring is 1. The van der Waals surface area contributed by atoms with Gasteiger partial charge in [0.05, 0.1) is 23.5 Å². The number of carbonyl (C=O) groups excluding carboxylic acids is 2. The molecule has 2 aliphatic heterocycles. The number of aromatic hydroxyl groups is 2. The highest BCUT2D eigenvalue weighted by atomic mass is 19.1. The van der Waals surface area contributed by atoms with Crippen LogP contribution in [-0.4, -0.2) is 65.0 Å². The molecule has 0 aromatic heterocycles. The number of piperidine rings is 1. The van der Waals surface area contributed by atoms with E-state index in [1.54, 1.807) is 0 Å². The van der Waals surface area contributed by atoms with Crippen molar-refractivity contribution >= 4 is 17.5 Å². The predicted molar refractivity (Wildman–Crippen MR) is 79.4 cm³/mol. The molecule has 11 nitrogen and oxygen atoms in total. The maximum Gasteiger partial charge on any atom is 0.263 e. The number of rotatable bonds is 1. The van der Waals surface area contributed by atoms with Crippen LogP contribution in [0.5, 0.6) is 11.5 Å². The predicted octanol–water partition coefficient (Wildman–Crippen LogP) is -2.85. The highest BCUT2D eigenvalue weighted by molar-refractivity contribution is 6.05. The van der Waals surface area contributed by atoms with Crippen molar-refractivity contribution in [1.29, 1.82) is 0 Å². The van der Waals surface area contributed by atoms with Gasteiger partial charge in [-0.1, -0.05) is 6.58 Å². The molecule has 1 aromatic rings. The van der Waals surface area contributed by atoms with Crippen LogP contribution in [0.15, 0.2) is 12.3 Å². The first-order valence-corrected chi connectivity index (χ1v) is 7.06. The Morgan fingerprint density at radius 2 is 1.77 bits per heavy atom. The van der Waals surface area contributed by atoms with Gasteiger partial charge in [0.2, 0.25) is 5.82 Å². The van der Waals surface area contributed by atoms with Gasteiger partial charge >= 0.3 is 0 Å². The summed E-state index contributed by atoms with van der Waals surface area (Å²) in [5.41, 5.74) is 3.09. The number of carbonyl (C=O) groups is 2. The van der Waals surface area contributed by atoms with Crippen molar-refractivity contribution in [2.75, 3.05) is 5.73 Å². The van der Waals surface area contributed by atoms with Gasteiger partial charge in [-0.3, -0.25) is 9.59 Å². The van der Waals surface area contributed by atoms with Crippen LogP contribution in [0.25, 0.3) is 0 Å². The van der Waals surface area contributed by atoms with Gasteiger partial charge in [-0.05, 0) is 0 Å². The van der Waals surface area contributed by atoms with Crippen molar-refractivity contribution in [1.82, 2.24) is 10.2 Å². The largest absolute Gasteiger partial charge is 0.504 e. The second kappa shape index (κ2) is 5.04. The monoisotopic (exact) mass is 371 g/mol. The van der Waals surface area contributed by atoms with Crippen LogP contribution in [-0.2, 0) is 11.3 Å². The Morgan fingerprint density at radius 1 is 1.19 bits per heavy atom. The molecule has 1 fully saturated rings. The number of fused-ring (bicyclic) bond motifs is 1. The molecule has 2 amide bonds. The molecule has 12 heteroatoms. The molecule has 2 heterocycles. The van der Waals surface area contributed by atoms with Gasteiger partial charge in [0.15, 0.2) is 17.5 Å². The minimum atomic E-state index is -3.60. The molecule has 0 bridgehead atoms. The lowest BCUT2D eigenvalue weighted by atomic mass is 9.89. The number of hydrogen-bond donors (Lipinski definition) is 8. The molecule has 140 valence electrons. The van der Waals surface area contributed by atoms with E-state index in [4.69, 9.17) is 5.73 Å². The third kappa shape index (κ3) is 1.94. The van der Waals surface area contributed by atoms with E-state index >= 15 is 0 Å². The van der Waals surface area contributed by atoms with Crippen molar-refractivity contribution in [2.24, 2.45) is 0 Å². The maximum absolute atomic E-state index is 13.8. The quantitative estimate of drug-likeness (QED) is 0.111. The zero-order valence-corrected chi connectivity index (χ0v) is 12.9. The fraction of sp³-hybridized carbons (Fsp3) is 0.286. The summed E-state index contributed by atoms with van der Waals surface area (Å²) in [5, 5.41) is 61.2. The number of nitrogens with one attached hydrogen (secondary N) is 1. The Bertz CT molecular complexity index is 882. The normalized spacial score (nSPS) is 23.8. The molecular weight excluding hydrogens is 357 g/mol. The van der Waals surface area contributed by atoms with E-state index in [2.05, 4.69) is 6.58 Å². The minimum absolute atomic E-state index is 0.277. The molecule has 0 spiro atoms. The molecule has 0 saturated carbocycles. The molecule has 1 aromatic carbocycles. The Morgan fingerprint density at radius 3 is 2.35 bits per heavy atom. The van der Waals surface area contributed by atoms with E-state index in [-0.39, 0.29) is 5.56 Å². The van der Waals surface area contributed by atoms with Crippen molar-refractivity contribution in [2.45, 2.75) is 24.2 Å². The van der Waals surface area contributed by atoms with E-state index in [1.165, 1.54) is 0 Å². The summed E-state index contributed by atoms with van der Waals surface area (Å²) in [6.45, 7) is 2.42. The molecule has 2 aliphatic rings. The van der Waals surface area contributed by atoms with Crippen LogP contribution in [0, 0.1) is 5.82 Å². The number of halogens is 1. The first-order valence-electron chi connectivity index (χ1n) is 7.06. The van der Waals surface area contributed by atoms with Crippen molar-refractivity contribution < 1.29 is 44.6 Å². The molecule has 0 radical (unpaired) electrons. The lowest BCUT2D eigenvalue weighted by Gasteiger charge is -2.47. The van der Waals surface area contributed by atoms with Crippen LogP contribution in [0.3, 0.4) is 0 Å². The van der Waals surface area contributed by atoms with Crippen molar-refractivity contribution in [3.05, 3.63) is 29.2 Å². The lowest BCUT2D eigenvalue weighted by molar-refractivity contribution is -0.358. The van der Waals surface area contributed by atoms with Gasteiger partial charge in [0.1, 0.15) is 0 Å². The fourth-order valence-electron chi connectivity index (χ4n) is 3.01. The smallest absolute Gasteiger partial charge is 0.263 e. The summed E-state index contributed by atoms with van der Waals surface area (Å²) in [6, 6.07) is -2.29. The number of hydrogen-bond acceptors (Lipinski definition) is 9. The molecular formula is C14H14FN3O8. The molecule has 0 aliphatic carbocycles. The van der Waals surface area contributed by atoms with Crippen LogP contribution in [0.2, 0.25) is 0 Å². The number of nitrogens with two attached hydrogens (primary N) is 1. The van der Waals surface area contributed by atoms with Crippen LogP contribution in [0.1, 0.15) is 15.9 Å². The number of nitrogens with zero attached hydrogens (tertiary/aromatic N) is 1. The Hall–Kier alpha value is -2.93. The second-order valence-corrected chi connectivity index (χ2v) is 5.98. The van der Waals surface area contributed by atoms with Gasteiger partial charge in [-0.25, -0.2) is 0 Å². The van der Waals surface area contributed by atoms with E-state index < -0.39 is 70.2 Å². The van der Waals surface area contributed by atoms with Crippen LogP contribution < -0.4 is 11.1 Å². The number of benzene rings is 1. The van der Waals surface area contributed by atoms with E-state index in [0.29, 0.717) is 4.90 Å². The molecule has 1 atom stereocenters. The van der Waals surface area contributed by atoms with Crippen molar-refractivity contribution in [3.63, 3.8) is 0 Å².